The van der Waals surface area contributed by atoms with Crippen molar-refractivity contribution >= 4 is 26.0 Å². The first-order valence-corrected chi connectivity index (χ1v) is 8.38. The molecule has 0 fully saturated rings. The standard InChI is InChI=1S/C12H17BrFNO2S/c1-10(9-13)5-4-8-15-18(16,17)12-7-3-2-6-11(12)14/h2-3,6-7,10,15H,4-5,8-9H2,1H3. The van der Waals surface area contributed by atoms with Gasteiger partial charge in [0.05, 0.1) is 0 Å². The molecule has 0 amide bonds. The van der Waals surface area contributed by atoms with Crippen molar-refractivity contribution in [1.82, 2.24) is 4.72 Å². The van der Waals surface area contributed by atoms with Gasteiger partial charge in [-0.1, -0.05) is 35.0 Å². The van der Waals surface area contributed by atoms with Gasteiger partial charge in [0.15, 0.2) is 0 Å². The summed E-state index contributed by atoms with van der Waals surface area (Å²) >= 11 is 3.36. The Morgan fingerprint density at radius 1 is 1.39 bits per heavy atom. The monoisotopic (exact) mass is 337 g/mol. The van der Waals surface area contributed by atoms with Crippen LogP contribution in [0.1, 0.15) is 19.8 Å². The summed E-state index contributed by atoms with van der Waals surface area (Å²) in [6, 6.07) is 5.37. The maximum atomic E-state index is 13.4. The van der Waals surface area contributed by atoms with E-state index >= 15 is 0 Å². The molecule has 18 heavy (non-hydrogen) atoms. The molecule has 0 radical (unpaired) electrons. The Balaban J connectivity index is 2.54. The first kappa shape index (κ1) is 15.6. The van der Waals surface area contributed by atoms with Crippen LogP contribution in [0.3, 0.4) is 0 Å². The summed E-state index contributed by atoms with van der Waals surface area (Å²) in [6.45, 7) is 2.41. The number of benzene rings is 1. The van der Waals surface area contributed by atoms with Gasteiger partial charge in [0.1, 0.15) is 10.7 Å². The average Bonchev–Trinajstić information content (AvgIpc) is 2.34. The molecule has 0 spiro atoms. The third-order valence-corrected chi connectivity index (χ3v) is 5.15. The largest absolute Gasteiger partial charge is 0.243 e. The third-order valence-electron chi connectivity index (χ3n) is 2.56. The minimum Gasteiger partial charge on any atom is -0.211 e. The van der Waals surface area contributed by atoms with E-state index in [2.05, 4.69) is 27.6 Å². The van der Waals surface area contributed by atoms with Crippen molar-refractivity contribution in [3.05, 3.63) is 30.1 Å². The molecule has 1 unspecified atom stereocenters. The maximum absolute atomic E-state index is 13.4. The summed E-state index contributed by atoms with van der Waals surface area (Å²) in [5.74, 6) is -0.221. The van der Waals surface area contributed by atoms with Crippen LogP contribution in [-0.4, -0.2) is 20.3 Å². The fourth-order valence-corrected chi connectivity index (χ4v) is 2.95. The van der Waals surface area contributed by atoms with Crippen LogP contribution in [0.25, 0.3) is 0 Å². The average molecular weight is 338 g/mol. The zero-order chi connectivity index (χ0) is 13.6. The molecule has 0 bridgehead atoms. The topological polar surface area (TPSA) is 46.2 Å². The van der Waals surface area contributed by atoms with Crippen molar-refractivity contribution in [2.75, 3.05) is 11.9 Å². The van der Waals surface area contributed by atoms with Gasteiger partial charge in [0, 0.05) is 11.9 Å². The highest BCUT2D eigenvalue weighted by atomic mass is 79.9. The van der Waals surface area contributed by atoms with Gasteiger partial charge < -0.3 is 0 Å². The lowest BCUT2D eigenvalue weighted by molar-refractivity contribution is 0.538. The molecule has 0 aliphatic rings. The van der Waals surface area contributed by atoms with Crippen molar-refractivity contribution in [3.63, 3.8) is 0 Å². The molecule has 3 nitrogen and oxygen atoms in total. The number of hydrogen-bond donors (Lipinski definition) is 1. The van der Waals surface area contributed by atoms with Crippen LogP contribution >= 0.6 is 15.9 Å². The van der Waals surface area contributed by atoms with E-state index in [0.717, 1.165) is 24.2 Å². The molecule has 1 aromatic carbocycles. The molecule has 0 aliphatic heterocycles. The molecule has 102 valence electrons. The van der Waals surface area contributed by atoms with E-state index in [1.165, 1.54) is 18.2 Å². The third kappa shape index (κ3) is 4.66. The van der Waals surface area contributed by atoms with Crippen LogP contribution in [0.5, 0.6) is 0 Å². The van der Waals surface area contributed by atoms with Gasteiger partial charge >= 0.3 is 0 Å². The Hall–Kier alpha value is -0.460. The van der Waals surface area contributed by atoms with Crippen LogP contribution < -0.4 is 4.72 Å². The Morgan fingerprint density at radius 3 is 2.67 bits per heavy atom. The second-order valence-corrected chi connectivity index (χ2v) is 6.61. The van der Waals surface area contributed by atoms with E-state index in [1.807, 2.05) is 0 Å². The Kier molecular flexibility index (Phi) is 6.25. The lowest BCUT2D eigenvalue weighted by Crippen LogP contribution is -2.26. The van der Waals surface area contributed by atoms with E-state index in [4.69, 9.17) is 0 Å². The van der Waals surface area contributed by atoms with E-state index < -0.39 is 15.8 Å². The van der Waals surface area contributed by atoms with Gasteiger partial charge in [-0.15, -0.1) is 0 Å². The van der Waals surface area contributed by atoms with Crippen molar-refractivity contribution < 1.29 is 12.8 Å². The molecular weight excluding hydrogens is 321 g/mol. The first-order chi connectivity index (χ1) is 8.47. The van der Waals surface area contributed by atoms with Crippen LogP contribution in [0.2, 0.25) is 0 Å². The van der Waals surface area contributed by atoms with Gasteiger partial charge in [0.25, 0.3) is 0 Å². The lowest BCUT2D eigenvalue weighted by atomic mass is 10.1. The minimum atomic E-state index is -3.73. The molecule has 1 rings (SSSR count). The fraction of sp³-hybridized carbons (Fsp3) is 0.500. The Morgan fingerprint density at radius 2 is 2.06 bits per heavy atom. The summed E-state index contributed by atoms with van der Waals surface area (Å²) in [5.41, 5.74) is 0. The zero-order valence-electron chi connectivity index (χ0n) is 10.2. The van der Waals surface area contributed by atoms with Crippen molar-refractivity contribution in [2.45, 2.75) is 24.7 Å². The zero-order valence-corrected chi connectivity index (χ0v) is 12.6. The van der Waals surface area contributed by atoms with E-state index in [-0.39, 0.29) is 4.90 Å². The molecule has 0 heterocycles. The van der Waals surface area contributed by atoms with Crippen molar-refractivity contribution in [2.24, 2.45) is 5.92 Å². The van der Waals surface area contributed by atoms with Crippen LogP contribution in [-0.2, 0) is 10.0 Å². The predicted octanol–water partition coefficient (Wildman–Crippen LogP) is 2.92. The molecule has 0 saturated carbocycles. The molecular formula is C12H17BrFNO2S. The van der Waals surface area contributed by atoms with Gasteiger partial charge in [0.2, 0.25) is 10.0 Å². The van der Waals surface area contributed by atoms with Gasteiger partial charge in [-0.25, -0.2) is 17.5 Å². The second kappa shape index (κ2) is 7.21. The Bertz CT molecular complexity index is 479. The van der Waals surface area contributed by atoms with Gasteiger partial charge in [-0.2, -0.15) is 0 Å². The summed E-state index contributed by atoms with van der Waals surface area (Å²) in [6.07, 6.45) is 1.66. The van der Waals surface area contributed by atoms with Crippen LogP contribution in [0.4, 0.5) is 4.39 Å². The van der Waals surface area contributed by atoms with Crippen LogP contribution in [0, 0.1) is 11.7 Å². The highest BCUT2D eigenvalue weighted by molar-refractivity contribution is 9.09. The predicted molar refractivity (Wildman–Crippen MR) is 73.8 cm³/mol. The molecule has 1 aromatic rings. The summed E-state index contributed by atoms with van der Waals surface area (Å²) in [7, 11) is -3.73. The number of halogens is 2. The second-order valence-electron chi connectivity index (χ2n) is 4.23. The number of alkyl halides is 1. The SMILES string of the molecule is CC(CBr)CCCNS(=O)(=O)c1ccccc1F. The summed E-state index contributed by atoms with van der Waals surface area (Å²) in [4.78, 5) is -0.293. The van der Waals surface area contributed by atoms with Gasteiger partial charge in [-0.3, -0.25) is 0 Å². The number of nitrogens with one attached hydrogen (secondary N) is 1. The van der Waals surface area contributed by atoms with Crippen molar-refractivity contribution in [1.29, 1.82) is 0 Å². The Labute approximate surface area is 116 Å². The van der Waals surface area contributed by atoms with E-state index in [0.29, 0.717) is 12.5 Å². The first-order valence-electron chi connectivity index (χ1n) is 5.77. The normalized spacial score (nSPS) is 13.5. The molecule has 1 atom stereocenters. The van der Waals surface area contributed by atoms with E-state index in [9.17, 15) is 12.8 Å². The highest BCUT2D eigenvalue weighted by Gasteiger charge is 2.17. The minimum absolute atomic E-state index is 0.293. The fourth-order valence-electron chi connectivity index (χ4n) is 1.47. The van der Waals surface area contributed by atoms with E-state index in [1.54, 1.807) is 0 Å². The summed E-state index contributed by atoms with van der Waals surface area (Å²) < 4.78 is 39.4. The molecule has 1 N–H and O–H groups in total. The van der Waals surface area contributed by atoms with Crippen molar-refractivity contribution in [3.8, 4) is 0 Å². The molecule has 0 saturated heterocycles. The summed E-state index contributed by atoms with van der Waals surface area (Å²) in [5, 5.41) is 0.896. The molecule has 0 aromatic heterocycles. The van der Waals surface area contributed by atoms with Crippen LogP contribution in [0.15, 0.2) is 29.2 Å². The van der Waals surface area contributed by atoms with Gasteiger partial charge in [-0.05, 0) is 30.9 Å². The lowest BCUT2D eigenvalue weighted by Gasteiger charge is -2.09. The smallest absolute Gasteiger partial charge is 0.211 e. The molecule has 0 aliphatic carbocycles. The highest BCUT2D eigenvalue weighted by Crippen LogP contribution is 2.13. The molecule has 6 heteroatoms. The number of hydrogen-bond acceptors (Lipinski definition) is 2. The number of rotatable bonds is 7. The number of sulfonamides is 1. The quantitative estimate of drug-likeness (QED) is 0.614. The maximum Gasteiger partial charge on any atom is 0.243 e.